The quantitative estimate of drug-likeness (QED) is 0.892. The third-order valence-corrected chi connectivity index (χ3v) is 3.21. The van der Waals surface area contributed by atoms with Crippen LogP contribution in [0.15, 0.2) is 24.3 Å². The number of carbonyl (C=O) groups is 2. The highest BCUT2D eigenvalue weighted by Crippen LogP contribution is 2.18. The molecule has 90 valence electrons. The number of halogens is 1. The van der Waals surface area contributed by atoms with Gasteiger partial charge in [-0.05, 0) is 24.3 Å². The molecule has 0 radical (unpaired) electrons. The lowest BCUT2D eigenvalue weighted by Gasteiger charge is -2.13. The minimum atomic E-state index is -0.295. The van der Waals surface area contributed by atoms with Crippen molar-refractivity contribution in [2.24, 2.45) is 0 Å². The number of anilines is 1. The van der Waals surface area contributed by atoms with Gasteiger partial charge in [0, 0.05) is 18.8 Å². The van der Waals surface area contributed by atoms with Crippen molar-refractivity contribution in [3.8, 4) is 0 Å². The molecule has 0 spiro atoms. The van der Waals surface area contributed by atoms with Gasteiger partial charge in [0.15, 0.2) is 0 Å². The summed E-state index contributed by atoms with van der Waals surface area (Å²) in [6.07, 6.45) is 0. The molecule has 1 aliphatic rings. The fourth-order valence-electron chi connectivity index (χ4n) is 1.48. The number of hydrogen-bond donors (Lipinski definition) is 1. The lowest BCUT2D eigenvalue weighted by Crippen LogP contribution is -2.33. The second-order valence-electron chi connectivity index (χ2n) is 3.53. The van der Waals surface area contributed by atoms with Gasteiger partial charge in [0.25, 0.3) is 5.24 Å². The van der Waals surface area contributed by atoms with Gasteiger partial charge >= 0.3 is 0 Å². The Morgan fingerprint density at radius 3 is 2.59 bits per heavy atom. The van der Waals surface area contributed by atoms with E-state index >= 15 is 0 Å². The van der Waals surface area contributed by atoms with Gasteiger partial charge in [0.2, 0.25) is 5.91 Å². The van der Waals surface area contributed by atoms with Gasteiger partial charge in [-0.25, -0.2) is 4.39 Å². The number of imide groups is 1. The molecule has 1 fully saturated rings. The van der Waals surface area contributed by atoms with Crippen molar-refractivity contribution in [1.29, 1.82) is 0 Å². The summed E-state index contributed by atoms with van der Waals surface area (Å²) < 4.78 is 12.6. The Kier molecular flexibility index (Phi) is 3.63. The predicted octanol–water partition coefficient (Wildman–Crippen LogP) is 1.93. The molecule has 1 aromatic rings. The van der Waals surface area contributed by atoms with E-state index in [1.54, 1.807) is 12.1 Å². The zero-order chi connectivity index (χ0) is 12.3. The van der Waals surface area contributed by atoms with Crippen LogP contribution in [0.25, 0.3) is 0 Å². The van der Waals surface area contributed by atoms with E-state index in [0.717, 1.165) is 17.4 Å². The van der Waals surface area contributed by atoms with Crippen LogP contribution in [-0.4, -0.2) is 34.9 Å². The molecule has 0 aromatic heterocycles. The first-order chi connectivity index (χ1) is 8.16. The van der Waals surface area contributed by atoms with Crippen LogP contribution in [0, 0.1) is 5.82 Å². The van der Waals surface area contributed by atoms with E-state index in [0.29, 0.717) is 13.1 Å². The fraction of sp³-hybridized carbons (Fsp3) is 0.273. The molecule has 1 aromatic carbocycles. The van der Waals surface area contributed by atoms with Gasteiger partial charge in [-0.3, -0.25) is 14.5 Å². The standard InChI is InChI=1S/C11H11FN2O2S/c12-8-1-3-9(4-2-8)13-5-6-14-10(15)7-17-11(14)16/h1-4,13H,5-7H2. The van der Waals surface area contributed by atoms with Crippen LogP contribution in [0.5, 0.6) is 0 Å². The van der Waals surface area contributed by atoms with Gasteiger partial charge < -0.3 is 5.32 Å². The molecule has 2 rings (SSSR count). The van der Waals surface area contributed by atoms with Gasteiger partial charge in [0.1, 0.15) is 5.82 Å². The van der Waals surface area contributed by atoms with Gasteiger partial charge in [-0.2, -0.15) is 0 Å². The number of carbonyl (C=O) groups excluding carboxylic acids is 2. The Labute approximate surface area is 102 Å². The molecule has 17 heavy (non-hydrogen) atoms. The lowest BCUT2D eigenvalue weighted by molar-refractivity contribution is -0.124. The highest BCUT2D eigenvalue weighted by molar-refractivity contribution is 8.14. The molecule has 2 amide bonds. The van der Waals surface area contributed by atoms with Crippen LogP contribution < -0.4 is 5.32 Å². The van der Waals surface area contributed by atoms with Crippen LogP contribution in [0.4, 0.5) is 14.9 Å². The van der Waals surface area contributed by atoms with Crippen molar-refractivity contribution in [2.75, 3.05) is 24.2 Å². The largest absolute Gasteiger partial charge is 0.383 e. The summed E-state index contributed by atoms with van der Waals surface area (Å²) in [5.74, 6) is -0.215. The molecular formula is C11H11FN2O2S. The Bertz CT molecular complexity index is 420. The lowest BCUT2D eigenvalue weighted by atomic mass is 10.3. The van der Waals surface area contributed by atoms with E-state index in [2.05, 4.69) is 5.32 Å². The normalized spacial score (nSPS) is 15.5. The number of nitrogens with zero attached hydrogens (tertiary/aromatic N) is 1. The summed E-state index contributed by atoms with van der Waals surface area (Å²) in [5, 5.41) is 2.82. The zero-order valence-corrected chi connectivity index (χ0v) is 9.80. The topological polar surface area (TPSA) is 49.4 Å². The van der Waals surface area contributed by atoms with E-state index in [4.69, 9.17) is 0 Å². The molecule has 1 heterocycles. The van der Waals surface area contributed by atoms with E-state index in [-0.39, 0.29) is 22.7 Å². The maximum atomic E-state index is 12.6. The smallest absolute Gasteiger partial charge is 0.288 e. The van der Waals surface area contributed by atoms with Crippen LogP contribution in [-0.2, 0) is 4.79 Å². The number of hydrogen-bond acceptors (Lipinski definition) is 4. The summed E-state index contributed by atoms with van der Waals surface area (Å²) in [6.45, 7) is 0.797. The molecule has 6 heteroatoms. The Morgan fingerprint density at radius 1 is 1.29 bits per heavy atom. The van der Waals surface area contributed by atoms with E-state index in [1.165, 1.54) is 17.0 Å². The average Bonchev–Trinajstić information content (AvgIpc) is 2.63. The van der Waals surface area contributed by atoms with Gasteiger partial charge in [-0.15, -0.1) is 0 Å². The van der Waals surface area contributed by atoms with Crippen molar-refractivity contribution in [2.45, 2.75) is 0 Å². The predicted molar refractivity (Wildman–Crippen MR) is 64.5 cm³/mol. The second kappa shape index (κ2) is 5.18. The van der Waals surface area contributed by atoms with Crippen LogP contribution in [0.1, 0.15) is 0 Å². The number of nitrogens with one attached hydrogen (secondary N) is 1. The van der Waals surface area contributed by atoms with Crippen molar-refractivity contribution in [3.63, 3.8) is 0 Å². The molecular weight excluding hydrogens is 243 g/mol. The third-order valence-electron chi connectivity index (χ3n) is 2.35. The fourth-order valence-corrected chi connectivity index (χ4v) is 2.23. The van der Waals surface area contributed by atoms with Crippen molar-refractivity contribution < 1.29 is 14.0 Å². The first kappa shape index (κ1) is 11.9. The zero-order valence-electron chi connectivity index (χ0n) is 8.98. The maximum Gasteiger partial charge on any atom is 0.288 e. The first-order valence-corrected chi connectivity index (χ1v) is 6.12. The van der Waals surface area contributed by atoms with Crippen molar-refractivity contribution in [1.82, 2.24) is 4.90 Å². The van der Waals surface area contributed by atoms with Crippen LogP contribution in [0.2, 0.25) is 0 Å². The highest BCUT2D eigenvalue weighted by Gasteiger charge is 2.28. The summed E-state index contributed by atoms with van der Waals surface area (Å²) in [7, 11) is 0. The molecule has 1 N–H and O–H groups in total. The van der Waals surface area contributed by atoms with E-state index in [9.17, 15) is 14.0 Å². The van der Waals surface area contributed by atoms with Crippen molar-refractivity contribution >= 4 is 28.6 Å². The van der Waals surface area contributed by atoms with Crippen molar-refractivity contribution in [3.05, 3.63) is 30.1 Å². The first-order valence-electron chi connectivity index (χ1n) is 5.13. The molecule has 0 aliphatic carbocycles. The monoisotopic (exact) mass is 254 g/mol. The maximum absolute atomic E-state index is 12.6. The number of rotatable bonds is 4. The molecule has 4 nitrogen and oxygen atoms in total. The molecule has 0 bridgehead atoms. The summed E-state index contributed by atoms with van der Waals surface area (Å²) in [6, 6.07) is 5.92. The number of thioether (sulfide) groups is 1. The molecule has 0 unspecified atom stereocenters. The Balaban J connectivity index is 1.81. The number of benzene rings is 1. The third kappa shape index (κ3) is 2.97. The van der Waals surface area contributed by atoms with Crippen LogP contribution in [0.3, 0.4) is 0 Å². The van der Waals surface area contributed by atoms with Gasteiger partial charge in [-0.1, -0.05) is 11.8 Å². The number of amides is 2. The highest BCUT2D eigenvalue weighted by atomic mass is 32.2. The van der Waals surface area contributed by atoms with Gasteiger partial charge in [0.05, 0.1) is 5.75 Å². The summed E-state index contributed by atoms with van der Waals surface area (Å²) in [5.41, 5.74) is 0.762. The Morgan fingerprint density at radius 2 is 2.00 bits per heavy atom. The Hall–Kier alpha value is -1.56. The van der Waals surface area contributed by atoms with Crippen LogP contribution >= 0.6 is 11.8 Å². The molecule has 0 atom stereocenters. The van der Waals surface area contributed by atoms with E-state index in [1.807, 2.05) is 0 Å². The minimum absolute atomic E-state index is 0.152. The summed E-state index contributed by atoms with van der Waals surface area (Å²) in [4.78, 5) is 23.8. The molecule has 1 aliphatic heterocycles. The summed E-state index contributed by atoms with van der Waals surface area (Å²) >= 11 is 1.02. The van der Waals surface area contributed by atoms with E-state index < -0.39 is 0 Å². The second-order valence-corrected chi connectivity index (χ2v) is 4.46. The molecule has 1 saturated heterocycles. The SMILES string of the molecule is O=C1CSC(=O)N1CCNc1ccc(F)cc1. The average molecular weight is 254 g/mol. The molecule has 0 saturated carbocycles. The minimum Gasteiger partial charge on any atom is -0.383 e.